The number of rotatable bonds is 4. The van der Waals surface area contributed by atoms with Crippen molar-refractivity contribution in [2.45, 2.75) is 33.2 Å². The summed E-state index contributed by atoms with van der Waals surface area (Å²) in [5.74, 6) is 0.493. The van der Waals surface area contributed by atoms with Crippen molar-refractivity contribution in [2.24, 2.45) is 5.41 Å². The van der Waals surface area contributed by atoms with Gasteiger partial charge in [-0.15, -0.1) is 0 Å². The van der Waals surface area contributed by atoms with Crippen LogP contribution in [0.4, 0.5) is 5.82 Å². The molecule has 4 heteroatoms. The lowest BCUT2D eigenvalue weighted by Crippen LogP contribution is -2.10. The van der Waals surface area contributed by atoms with Crippen LogP contribution in [0.3, 0.4) is 0 Å². The first-order valence-corrected chi connectivity index (χ1v) is 5.92. The number of pyridine rings is 1. The molecule has 92 valence electrons. The molecule has 1 N–H and O–H groups in total. The van der Waals surface area contributed by atoms with Crippen LogP contribution in [-0.4, -0.2) is 23.6 Å². The van der Waals surface area contributed by atoms with Gasteiger partial charge in [-0.2, -0.15) is 0 Å². The summed E-state index contributed by atoms with van der Waals surface area (Å²) >= 11 is 0. The fourth-order valence-electron chi connectivity index (χ4n) is 1.71. The number of aromatic nitrogens is 1. The fraction of sp³-hybridized carbons (Fsp3) is 0.538. The van der Waals surface area contributed by atoms with Crippen molar-refractivity contribution >= 4 is 11.8 Å². The zero-order chi connectivity index (χ0) is 12.5. The minimum Gasteiger partial charge on any atom is -0.462 e. The third-order valence-corrected chi connectivity index (χ3v) is 3.11. The molecule has 2 rings (SSSR count). The van der Waals surface area contributed by atoms with Crippen LogP contribution in [0.5, 0.6) is 0 Å². The molecule has 17 heavy (non-hydrogen) atoms. The maximum absolute atomic E-state index is 11.4. The molecule has 0 spiro atoms. The number of anilines is 1. The number of hydrogen-bond acceptors (Lipinski definition) is 4. The van der Waals surface area contributed by atoms with Crippen LogP contribution in [-0.2, 0) is 4.74 Å². The molecule has 0 aromatic carbocycles. The van der Waals surface area contributed by atoms with E-state index in [2.05, 4.69) is 24.1 Å². The number of nitrogens with zero attached hydrogens (tertiary/aromatic N) is 1. The number of carbonyl (C=O) groups excluding carboxylic acids is 1. The second-order valence-corrected chi connectivity index (χ2v) is 5.04. The Morgan fingerprint density at radius 2 is 2.29 bits per heavy atom. The van der Waals surface area contributed by atoms with Gasteiger partial charge in [0.15, 0.2) is 0 Å². The van der Waals surface area contributed by atoms with Gasteiger partial charge in [0.05, 0.1) is 12.2 Å². The van der Waals surface area contributed by atoms with E-state index >= 15 is 0 Å². The van der Waals surface area contributed by atoms with Gasteiger partial charge in [-0.25, -0.2) is 9.78 Å². The molecule has 1 aliphatic rings. The first-order valence-electron chi connectivity index (χ1n) is 5.92. The van der Waals surface area contributed by atoms with Gasteiger partial charge in [-0.3, -0.25) is 0 Å². The number of ether oxygens (including phenoxy) is 1. The molecule has 1 saturated carbocycles. The second kappa shape index (κ2) is 4.35. The molecule has 1 atom stereocenters. The molecule has 1 heterocycles. The van der Waals surface area contributed by atoms with Crippen molar-refractivity contribution in [1.29, 1.82) is 0 Å². The zero-order valence-corrected chi connectivity index (χ0v) is 10.5. The maximum Gasteiger partial charge on any atom is 0.339 e. The monoisotopic (exact) mass is 234 g/mol. The van der Waals surface area contributed by atoms with E-state index in [-0.39, 0.29) is 5.97 Å². The predicted octanol–water partition coefficient (Wildman–Crippen LogP) is 2.47. The number of nitrogens with one attached hydrogen (secondary N) is 1. The van der Waals surface area contributed by atoms with Gasteiger partial charge in [0, 0.05) is 12.2 Å². The molecule has 0 amide bonds. The Morgan fingerprint density at radius 1 is 1.59 bits per heavy atom. The Hall–Kier alpha value is -1.58. The van der Waals surface area contributed by atoms with E-state index in [1.165, 1.54) is 0 Å². The third kappa shape index (κ3) is 2.75. The van der Waals surface area contributed by atoms with Crippen LogP contribution in [0.1, 0.15) is 37.6 Å². The van der Waals surface area contributed by atoms with E-state index in [0.29, 0.717) is 23.6 Å². The fourth-order valence-corrected chi connectivity index (χ4v) is 1.71. The van der Waals surface area contributed by atoms with Gasteiger partial charge < -0.3 is 10.1 Å². The summed E-state index contributed by atoms with van der Waals surface area (Å²) in [6.45, 7) is 6.61. The standard InChI is InChI=1S/C13H18N2O2/c1-4-17-12(16)9-5-6-11(14-8-9)15-10-7-13(10,2)3/h5-6,8,10H,4,7H2,1-3H3,(H,14,15). The molecular formula is C13H18N2O2. The molecule has 0 radical (unpaired) electrons. The lowest BCUT2D eigenvalue weighted by atomic mass is 10.2. The van der Waals surface area contributed by atoms with Crippen LogP contribution >= 0.6 is 0 Å². The van der Waals surface area contributed by atoms with Crippen molar-refractivity contribution in [3.8, 4) is 0 Å². The lowest BCUT2D eigenvalue weighted by molar-refractivity contribution is 0.0526. The normalized spacial score (nSPS) is 20.8. The van der Waals surface area contributed by atoms with E-state index in [1.807, 2.05) is 6.07 Å². The largest absolute Gasteiger partial charge is 0.462 e. The molecule has 0 saturated heterocycles. The summed E-state index contributed by atoms with van der Waals surface area (Å²) in [6.07, 6.45) is 2.71. The molecule has 1 aromatic heterocycles. The van der Waals surface area contributed by atoms with Crippen molar-refractivity contribution < 1.29 is 9.53 Å². The highest BCUT2D eigenvalue weighted by Gasteiger charge is 2.45. The van der Waals surface area contributed by atoms with Crippen LogP contribution in [0.2, 0.25) is 0 Å². The van der Waals surface area contributed by atoms with Crippen molar-refractivity contribution in [2.75, 3.05) is 11.9 Å². The van der Waals surface area contributed by atoms with Crippen LogP contribution in [0, 0.1) is 5.41 Å². The summed E-state index contributed by atoms with van der Waals surface area (Å²) in [5, 5.41) is 3.34. The highest BCUT2D eigenvalue weighted by atomic mass is 16.5. The summed E-state index contributed by atoms with van der Waals surface area (Å²) in [6, 6.07) is 4.05. The van der Waals surface area contributed by atoms with Crippen molar-refractivity contribution in [3.63, 3.8) is 0 Å². The summed E-state index contributed by atoms with van der Waals surface area (Å²) < 4.78 is 4.89. The molecule has 4 nitrogen and oxygen atoms in total. The Labute approximate surface area is 101 Å². The van der Waals surface area contributed by atoms with E-state index in [4.69, 9.17) is 4.74 Å². The topological polar surface area (TPSA) is 51.2 Å². The number of esters is 1. The lowest BCUT2D eigenvalue weighted by Gasteiger charge is -2.07. The van der Waals surface area contributed by atoms with Gasteiger partial charge in [-0.05, 0) is 30.9 Å². The second-order valence-electron chi connectivity index (χ2n) is 5.04. The smallest absolute Gasteiger partial charge is 0.339 e. The molecule has 0 aliphatic heterocycles. The average molecular weight is 234 g/mol. The van der Waals surface area contributed by atoms with E-state index in [1.54, 1.807) is 19.2 Å². The Balaban J connectivity index is 1.96. The predicted molar refractivity (Wildman–Crippen MR) is 66.0 cm³/mol. The molecule has 1 aliphatic carbocycles. The first-order chi connectivity index (χ1) is 8.03. The minimum absolute atomic E-state index is 0.321. The third-order valence-electron chi connectivity index (χ3n) is 3.11. The Morgan fingerprint density at radius 3 is 2.76 bits per heavy atom. The number of carbonyl (C=O) groups is 1. The highest BCUT2D eigenvalue weighted by Crippen LogP contribution is 2.46. The van der Waals surface area contributed by atoms with Crippen molar-refractivity contribution in [1.82, 2.24) is 4.98 Å². The van der Waals surface area contributed by atoms with Gasteiger partial charge in [0.25, 0.3) is 0 Å². The highest BCUT2D eigenvalue weighted by molar-refractivity contribution is 5.89. The first kappa shape index (κ1) is 11.9. The zero-order valence-electron chi connectivity index (χ0n) is 10.5. The van der Waals surface area contributed by atoms with Crippen molar-refractivity contribution in [3.05, 3.63) is 23.9 Å². The molecule has 1 fully saturated rings. The van der Waals surface area contributed by atoms with Gasteiger partial charge in [0.2, 0.25) is 0 Å². The van der Waals surface area contributed by atoms with Gasteiger partial charge in [-0.1, -0.05) is 13.8 Å². The van der Waals surface area contributed by atoms with Crippen LogP contribution in [0.15, 0.2) is 18.3 Å². The van der Waals surface area contributed by atoms with Gasteiger partial charge in [0.1, 0.15) is 5.82 Å². The van der Waals surface area contributed by atoms with E-state index in [0.717, 1.165) is 12.2 Å². The maximum atomic E-state index is 11.4. The Bertz CT molecular complexity index is 412. The molecule has 1 aromatic rings. The van der Waals surface area contributed by atoms with E-state index in [9.17, 15) is 4.79 Å². The van der Waals surface area contributed by atoms with Crippen LogP contribution < -0.4 is 5.32 Å². The summed E-state index contributed by atoms with van der Waals surface area (Å²) in [5.41, 5.74) is 0.856. The number of hydrogen-bond donors (Lipinski definition) is 1. The summed E-state index contributed by atoms with van der Waals surface area (Å²) in [4.78, 5) is 15.6. The quantitative estimate of drug-likeness (QED) is 0.813. The van der Waals surface area contributed by atoms with E-state index < -0.39 is 0 Å². The molecule has 0 bridgehead atoms. The van der Waals surface area contributed by atoms with Crippen LogP contribution in [0.25, 0.3) is 0 Å². The minimum atomic E-state index is -0.321. The average Bonchev–Trinajstić information content (AvgIpc) is 2.87. The SMILES string of the molecule is CCOC(=O)c1ccc(NC2CC2(C)C)nc1. The summed E-state index contributed by atoms with van der Waals surface area (Å²) in [7, 11) is 0. The molecule has 1 unspecified atom stereocenters. The van der Waals surface area contributed by atoms with Gasteiger partial charge >= 0.3 is 5.97 Å². The Kier molecular flexibility index (Phi) is 3.05. The molecular weight excluding hydrogens is 216 g/mol.